The summed E-state index contributed by atoms with van der Waals surface area (Å²) in [7, 11) is 0. The highest BCUT2D eigenvalue weighted by atomic mass is 35.5. The number of benzene rings is 2. The van der Waals surface area contributed by atoms with Crippen molar-refractivity contribution in [3.8, 4) is 17.2 Å². The molecule has 10 heteroatoms. The van der Waals surface area contributed by atoms with Crippen molar-refractivity contribution in [2.45, 2.75) is 33.9 Å². The number of rotatable bonds is 7. The predicted octanol–water partition coefficient (Wildman–Crippen LogP) is 6.45. The number of ether oxygens (including phenoxy) is 3. The van der Waals surface area contributed by atoms with Gasteiger partial charge in [0.2, 0.25) is 11.2 Å². The van der Waals surface area contributed by atoms with Crippen LogP contribution in [-0.2, 0) is 15.7 Å². The van der Waals surface area contributed by atoms with Gasteiger partial charge in [-0.3, -0.25) is 4.79 Å². The Kier molecular flexibility index (Phi) is 7.45. The number of hydrogen-bond acceptors (Lipinski definition) is 6. The van der Waals surface area contributed by atoms with Crippen molar-refractivity contribution in [2.75, 3.05) is 13.2 Å². The van der Waals surface area contributed by atoms with Crippen LogP contribution in [0.4, 0.5) is 13.2 Å². The molecule has 0 saturated carbocycles. The fraction of sp³-hybridized carbons (Fsp3) is 0.333. The van der Waals surface area contributed by atoms with Crippen LogP contribution in [0.25, 0.3) is 11.0 Å². The van der Waals surface area contributed by atoms with Crippen LogP contribution in [0.3, 0.4) is 0 Å². The smallest absolute Gasteiger partial charge is 0.453 e. The van der Waals surface area contributed by atoms with Crippen molar-refractivity contribution in [3.63, 3.8) is 0 Å². The standard InChI is InChI=1S/C24H22ClF3O6/c1-12(2)10-32-19(29)11-31-15-5-6-17-18(9-15)34-23(24(26,27)28)22(21(17)30)33-16-7-13(3)20(25)14(4)8-16/h5-9,12H,10-11H2,1-4H3. The molecule has 34 heavy (non-hydrogen) atoms. The second kappa shape index (κ2) is 9.97. The van der Waals surface area contributed by atoms with Crippen molar-refractivity contribution >= 4 is 28.5 Å². The third-order valence-electron chi connectivity index (χ3n) is 4.64. The maximum Gasteiger partial charge on any atom is 0.453 e. The number of esters is 1. The molecule has 0 amide bonds. The highest BCUT2D eigenvalue weighted by Crippen LogP contribution is 2.39. The van der Waals surface area contributed by atoms with Gasteiger partial charge in [-0.25, -0.2) is 4.79 Å². The largest absolute Gasteiger partial charge is 0.482 e. The second-order valence-corrected chi connectivity index (χ2v) is 8.46. The summed E-state index contributed by atoms with van der Waals surface area (Å²) in [6, 6.07) is 6.52. The van der Waals surface area contributed by atoms with E-state index in [-0.39, 0.29) is 35.0 Å². The molecule has 0 aliphatic heterocycles. The van der Waals surface area contributed by atoms with Gasteiger partial charge in [-0.15, -0.1) is 0 Å². The molecule has 3 rings (SSSR count). The van der Waals surface area contributed by atoms with Gasteiger partial charge in [0, 0.05) is 11.1 Å². The molecule has 2 aromatic carbocycles. The summed E-state index contributed by atoms with van der Waals surface area (Å²) in [5.41, 5.74) is -0.240. The van der Waals surface area contributed by atoms with Gasteiger partial charge in [-0.2, -0.15) is 13.2 Å². The Morgan fingerprint density at radius 2 is 1.74 bits per heavy atom. The van der Waals surface area contributed by atoms with Gasteiger partial charge in [0.25, 0.3) is 5.76 Å². The van der Waals surface area contributed by atoms with Crippen LogP contribution in [0.5, 0.6) is 17.2 Å². The van der Waals surface area contributed by atoms with Crippen LogP contribution in [0.2, 0.25) is 5.02 Å². The minimum atomic E-state index is -5.02. The number of alkyl halides is 3. The zero-order valence-electron chi connectivity index (χ0n) is 18.8. The number of aryl methyl sites for hydroxylation is 2. The summed E-state index contributed by atoms with van der Waals surface area (Å²) in [4.78, 5) is 24.7. The van der Waals surface area contributed by atoms with Crippen LogP contribution in [-0.4, -0.2) is 19.2 Å². The molecular weight excluding hydrogens is 477 g/mol. The molecule has 6 nitrogen and oxygen atoms in total. The molecule has 0 saturated heterocycles. The van der Waals surface area contributed by atoms with E-state index in [0.29, 0.717) is 16.1 Å². The van der Waals surface area contributed by atoms with Crippen molar-refractivity contribution in [2.24, 2.45) is 5.92 Å². The van der Waals surface area contributed by atoms with Crippen LogP contribution in [0.15, 0.2) is 39.5 Å². The van der Waals surface area contributed by atoms with E-state index in [4.69, 9.17) is 30.2 Å². The molecule has 0 aliphatic rings. The van der Waals surface area contributed by atoms with Gasteiger partial charge < -0.3 is 18.6 Å². The molecule has 1 aromatic heterocycles. The molecule has 0 atom stereocenters. The molecule has 0 N–H and O–H groups in total. The van der Waals surface area contributed by atoms with Crippen LogP contribution < -0.4 is 14.9 Å². The average molecular weight is 499 g/mol. The summed E-state index contributed by atoms with van der Waals surface area (Å²) in [5, 5.41) is 0.287. The highest BCUT2D eigenvalue weighted by molar-refractivity contribution is 6.32. The Balaban J connectivity index is 1.98. The maximum atomic E-state index is 13.8. The van der Waals surface area contributed by atoms with E-state index < -0.39 is 35.7 Å². The van der Waals surface area contributed by atoms with E-state index in [2.05, 4.69) is 0 Å². The van der Waals surface area contributed by atoms with Gasteiger partial charge in [-0.05, 0) is 55.2 Å². The normalized spacial score (nSPS) is 11.7. The lowest BCUT2D eigenvalue weighted by atomic mass is 10.1. The quantitative estimate of drug-likeness (QED) is 0.348. The first-order valence-corrected chi connectivity index (χ1v) is 10.7. The van der Waals surface area contributed by atoms with Gasteiger partial charge >= 0.3 is 12.1 Å². The first-order valence-electron chi connectivity index (χ1n) is 10.3. The van der Waals surface area contributed by atoms with Gasteiger partial charge in [0.05, 0.1) is 12.0 Å². The van der Waals surface area contributed by atoms with Crippen LogP contribution in [0.1, 0.15) is 30.7 Å². The molecule has 0 radical (unpaired) electrons. The Morgan fingerprint density at radius 3 is 2.32 bits per heavy atom. The highest BCUT2D eigenvalue weighted by Gasteiger charge is 2.40. The predicted molar refractivity (Wildman–Crippen MR) is 120 cm³/mol. The lowest BCUT2D eigenvalue weighted by Gasteiger charge is -2.15. The fourth-order valence-corrected chi connectivity index (χ4v) is 3.16. The van der Waals surface area contributed by atoms with E-state index in [1.807, 2.05) is 13.8 Å². The number of carbonyl (C=O) groups excluding carboxylic acids is 1. The topological polar surface area (TPSA) is 75.0 Å². The third-order valence-corrected chi connectivity index (χ3v) is 5.24. The lowest BCUT2D eigenvalue weighted by Crippen LogP contribution is -2.17. The van der Waals surface area contributed by atoms with Crippen molar-refractivity contribution in [3.05, 3.63) is 62.5 Å². The second-order valence-electron chi connectivity index (χ2n) is 8.08. The van der Waals surface area contributed by atoms with E-state index >= 15 is 0 Å². The van der Waals surface area contributed by atoms with Crippen molar-refractivity contribution in [1.82, 2.24) is 0 Å². The van der Waals surface area contributed by atoms with Crippen LogP contribution >= 0.6 is 11.6 Å². The number of halogens is 4. The van der Waals surface area contributed by atoms with E-state index in [9.17, 15) is 22.8 Å². The molecular formula is C24H22ClF3O6. The van der Waals surface area contributed by atoms with Crippen LogP contribution in [0, 0.1) is 19.8 Å². The van der Waals surface area contributed by atoms with Crippen molar-refractivity contribution < 1.29 is 36.6 Å². The lowest BCUT2D eigenvalue weighted by molar-refractivity contribution is -0.154. The third kappa shape index (κ3) is 5.83. The summed E-state index contributed by atoms with van der Waals surface area (Å²) >= 11 is 6.10. The van der Waals surface area contributed by atoms with Crippen molar-refractivity contribution in [1.29, 1.82) is 0 Å². The molecule has 182 valence electrons. The monoisotopic (exact) mass is 498 g/mol. The zero-order valence-corrected chi connectivity index (χ0v) is 19.6. The van der Waals surface area contributed by atoms with E-state index in [0.717, 1.165) is 6.07 Å². The number of hydrogen-bond donors (Lipinski definition) is 0. The summed E-state index contributed by atoms with van der Waals surface area (Å²) in [6.07, 6.45) is -5.02. The SMILES string of the molecule is Cc1cc(Oc2c(C(F)(F)F)oc3cc(OCC(=O)OCC(C)C)ccc3c2=O)cc(C)c1Cl. The number of carbonyl (C=O) groups is 1. The maximum absolute atomic E-state index is 13.8. The Bertz CT molecular complexity index is 1260. The van der Waals surface area contributed by atoms with Gasteiger partial charge in [0.15, 0.2) is 6.61 Å². The van der Waals surface area contributed by atoms with Gasteiger partial charge in [0.1, 0.15) is 17.1 Å². The summed E-state index contributed by atoms with van der Waals surface area (Å²) in [6.45, 7) is 6.81. The molecule has 1 heterocycles. The minimum absolute atomic E-state index is 0.0106. The Hall–Kier alpha value is -3.20. The fourth-order valence-electron chi connectivity index (χ4n) is 3.05. The molecule has 0 spiro atoms. The molecule has 0 unspecified atom stereocenters. The average Bonchev–Trinajstić information content (AvgIpc) is 2.75. The van der Waals surface area contributed by atoms with E-state index in [1.165, 1.54) is 24.3 Å². The molecule has 3 aromatic rings. The zero-order chi connectivity index (χ0) is 25.2. The van der Waals surface area contributed by atoms with E-state index in [1.54, 1.807) is 13.8 Å². The summed E-state index contributed by atoms with van der Waals surface area (Å²) in [5.74, 6) is -3.05. The molecule has 0 fully saturated rings. The molecule has 0 aliphatic carbocycles. The Morgan fingerprint density at radius 1 is 1.09 bits per heavy atom. The first-order chi connectivity index (χ1) is 15.9. The van der Waals surface area contributed by atoms with Gasteiger partial charge in [-0.1, -0.05) is 25.4 Å². The molecule has 0 bridgehead atoms. The minimum Gasteiger partial charge on any atom is -0.482 e. The summed E-state index contributed by atoms with van der Waals surface area (Å²) < 4.78 is 62.0. The number of fused-ring (bicyclic) bond motifs is 1. The Labute approximate surface area is 198 Å². The first kappa shape index (κ1) is 25.4.